The molecule has 0 spiro atoms. The second-order valence-corrected chi connectivity index (χ2v) is 2.62. The molecular formula is C9H15ClN2O. The Morgan fingerprint density at radius 1 is 1.31 bits per heavy atom. The third-order valence-electron chi connectivity index (χ3n) is 1.80. The summed E-state index contributed by atoms with van der Waals surface area (Å²) in [5, 5.41) is 0. The van der Waals surface area contributed by atoms with E-state index in [1.807, 2.05) is 24.3 Å². The first-order chi connectivity index (χ1) is 5.77. The highest BCUT2D eigenvalue weighted by Crippen LogP contribution is 2.14. The van der Waals surface area contributed by atoms with Gasteiger partial charge < -0.3 is 16.2 Å². The quantitative estimate of drug-likeness (QED) is 0.771. The number of hydrogen-bond acceptors (Lipinski definition) is 3. The number of hydrogen-bond donors (Lipinski definition) is 2. The second kappa shape index (κ2) is 5.80. The zero-order valence-electron chi connectivity index (χ0n) is 7.57. The Bertz CT molecular complexity index is 238. The highest BCUT2D eigenvalue weighted by molar-refractivity contribution is 5.85. The minimum absolute atomic E-state index is 0. The number of benzene rings is 1. The summed E-state index contributed by atoms with van der Waals surface area (Å²) in [4.78, 5) is 0. The van der Waals surface area contributed by atoms with Crippen LogP contribution in [-0.2, 0) is 0 Å². The summed E-state index contributed by atoms with van der Waals surface area (Å²) in [6.07, 6.45) is 0. The predicted octanol–water partition coefficient (Wildman–Crippen LogP) is 1.08. The summed E-state index contributed by atoms with van der Waals surface area (Å²) in [6.45, 7) is 0.465. The third kappa shape index (κ3) is 3.22. The molecule has 0 unspecified atom stereocenters. The van der Waals surface area contributed by atoms with E-state index in [1.165, 1.54) is 0 Å². The summed E-state index contributed by atoms with van der Waals surface area (Å²) < 4.78 is 5.01. The van der Waals surface area contributed by atoms with Crippen LogP contribution in [0.1, 0.15) is 11.6 Å². The first-order valence-corrected chi connectivity index (χ1v) is 3.87. The number of nitrogens with two attached hydrogens (primary N) is 2. The average molecular weight is 203 g/mol. The van der Waals surface area contributed by atoms with Crippen LogP contribution in [0.4, 0.5) is 0 Å². The number of rotatable bonds is 3. The van der Waals surface area contributed by atoms with Gasteiger partial charge in [0.2, 0.25) is 0 Å². The molecule has 0 aliphatic heterocycles. The van der Waals surface area contributed by atoms with Gasteiger partial charge in [0, 0.05) is 12.6 Å². The Kier molecular flexibility index (Phi) is 5.46. The van der Waals surface area contributed by atoms with Crippen LogP contribution in [0.5, 0.6) is 5.75 Å². The molecule has 0 saturated carbocycles. The molecule has 0 heterocycles. The molecule has 13 heavy (non-hydrogen) atoms. The lowest BCUT2D eigenvalue weighted by molar-refractivity contribution is 0.414. The van der Waals surface area contributed by atoms with E-state index in [1.54, 1.807) is 7.11 Å². The van der Waals surface area contributed by atoms with Gasteiger partial charge in [-0.3, -0.25) is 0 Å². The van der Waals surface area contributed by atoms with Crippen molar-refractivity contribution in [3.05, 3.63) is 29.8 Å². The smallest absolute Gasteiger partial charge is 0.118 e. The van der Waals surface area contributed by atoms with E-state index in [-0.39, 0.29) is 18.4 Å². The molecule has 0 aromatic heterocycles. The van der Waals surface area contributed by atoms with Gasteiger partial charge in [0.15, 0.2) is 0 Å². The Morgan fingerprint density at radius 2 is 1.85 bits per heavy atom. The van der Waals surface area contributed by atoms with Crippen LogP contribution in [0.15, 0.2) is 24.3 Å². The lowest BCUT2D eigenvalue weighted by Gasteiger charge is -2.08. The Balaban J connectivity index is 0.00000144. The maximum Gasteiger partial charge on any atom is 0.118 e. The molecule has 0 saturated heterocycles. The van der Waals surface area contributed by atoms with Crippen molar-refractivity contribution in [3.63, 3.8) is 0 Å². The maximum absolute atomic E-state index is 5.72. The van der Waals surface area contributed by atoms with Crippen molar-refractivity contribution in [3.8, 4) is 5.75 Å². The fourth-order valence-electron chi connectivity index (χ4n) is 0.987. The van der Waals surface area contributed by atoms with E-state index >= 15 is 0 Å². The van der Waals surface area contributed by atoms with Crippen LogP contribution in [0.3, 0.4) is 0 Å². The van der Waals surface area contributed by atoms with Crippen LogP contribution in [0, 0.1) is 0 Å². The molecule has 0 aliphatic rings. The van der Waals surface area contributed by atoms with Crippen molar-refractivity contribution in [1.29, 1.82) is 0 Å². The van der Waals surface area contributed by atoms with Crippen LogP contribution in [-0.4, -0.2) is 13.7 Å². The largest absolute Gasteiger partial charge is 0.497 e. The van der Waals surface area contributed by atoms with Gasteiger partial charge >= 0.3 is 0 Å². The van der Waals surface area contributed by atoms with Crippen LogP contribution in [0.25, 0.3) is 0 Å². The summed E-state index contributed by atoms with van der Waals surface area (Å²) >= 11 is 0. The monoisotopic (exact) mass is 202 g/mol. The molecule has 0 aliphatic carbocycles. The van der Waals surface area contributed by atoms with E-state index in [0.29, 0.717) is 6.54 Å². The van der Waals surface area contributed by atoms with E-state index in [9.17, 15) is 0 Å². The van der Waals surface area contributed by atoms with E-state index < -0.39 is 0 Å². The standard InChI is InChI=1S/C9H14N2O.ClH/c1-12-8-4-2-7(3-5-8)9(11)6-10;/h2-5,9H,6,10-11H2,1H3;1H/t9-;/m1./s1. The van der Waals surface area contributed by atoms with Crippen molar-refractivity contribution < 1.29 is 4.74 Å². The molecule has 1 aromatic carbocycles. The minimum Gasteiger partial charge on any atom is -0.497 e. The van der Waals surface area contributed by atoms with Crippen molar-refractivity contribution in [1.82, 2.24) is 0 Å². The van der Waals surface area contributed by atoms with Gasteiger partial charge in [0.05, 0.1) is 7.11 Å². The van der Waals surface area contributed by atoms with Crippen molar-refractivity contribution in [2.45, 2.75) is 6.04 Å². The van der Waals surface area contributed by atoms with Crippen molar-refractivity contribution in [2.24, 2.45) is 11.5 Å². The molecular weight excluding hydrogens is 188 g/mol. The molecule has 0 amide bonds. The summed E-state index contributed by atoms with van der Waals surface area (Å²) in [7, 11) is 1.64. The first-order valence-electron chi connectivity index (χ1n) is 3.87. The van der Waals surface area contributed by atoms with Crippen molar-refractivity contribution >= 4 is 12.4 Å². The molecule has 0 bridgehead atoms. The predicted molar refractivity (Wildman–Crippen MR) is 56.2 cm³/mol. The normalized spacial score (nSPS) is 11.6. The molecule has 0 fully saturated rings. The van der Waals surface area contributed by atoms with Gasteiger partial charge in [-0.2, -0.15) is 0 Å². The summed E-state index contributed by atoms with van der Waals surface area (Å²) in [5.41, 5.74) is 12.2. The number of halogens is 1. The second-order valence-electron chi connectivity index (χ2n) is 2.62. The van der Waals surface area contributed by atoms with Gasteiger partial charge in [-0.25, -0.2) is 0 Å². The van der Waals surface area contributed by atoms with E-state index in [4.69, 9.17) is 16.2 Å². The Morgan fingerprint density at radius 3 is 2.23 bits per heavy atom. The Labute approximate surface area is 84.5 Å². The van der Waals surface area contributed by atoms with Gasteiger partial charge in [0.1, 0.15) is 5.75 Å². The van der Waals surface area contributed by atoms with Gasteiger partial charge in [0.25, 0.3) is 0 Å². The molecule has 1 rings (SSSR count). The topological polar surface area (TPSA) is 61.3 Å². The molecule has 3 nitrogen and oxygen atoms in total. The highest BCUT2D eigenvalue weighted by atomic mass is 35.5. The van der Waals surface area contributed by atoms with Crippen LogP contribution in [0.2, 0.25) is 0 Å². The van der Waals surface area contributed by atoms with Gasteiger partial charge in [-0.1, -0.05) is 12.1 Å². The zero-order chi connectivity index (χ0) is 8.97. The molecule has 0 radical (unpaired) electrons. The van der Waals surface area contributed by atoms with Crippen LogP contribution < -0.4 is 16.2 Å². The number of ether oxygens (including phenoxy) is 1. The lowest BCUT2D eigenvalue weighted by atomic mass is 10.1. The molecule has 1 atom stereocenters. The maximum atomic E-state index is 5.72. The zero-order valence-corrected chi connectivity index (χ0v) is 8.38. The van der Waals surface area contributed by atoms with Crippen molar-refractivity contribution in [2.75, 3.05) is 13.7 Å². The fraction of sp³-hybridized carbons (Fsp3) is 0.333. The number of methoxy groups -OCH3 is 1. The SMILES string of the molecule is COc1ccc([C@H](N)CN)cc1.Cl. The molecule has 74 valence electrons. The molecule has 4 heteroatoms. The molecule has 4 N–H and O–H groups in total. The van der Waals surface area contributed by atoms with Gasteiger partial charge in [-0.05, 0) is 17.7 Å². The third-order valence-corrected chi connectivity index (χ3v) is 1.80. The van der Waals surface area contributed by atoms with Gasteiger partial charge in [-0.15, -0.1) is 12.4 Å². The average Bonchev–Trinajstić information content (AvgIpc) is 2.17. The van der Waals surface area contributed by atoms with E-state index in [2.05, 4.69) is 0 Å². The lowest BCUT2D eigenvalue weighted by Crippen LogP contribution is -2.20. The first kappa shape index (κ1) is 12.2. The van der Waals surface area contributed by atoms with E-state index in [0.717, 1.165) is 11.3 Å². The fourth-order valence-corrected chi connectivity index (χ4v) is 0.987. The molecule has 1 aromatic rings. The summed E-state index contributed by atoms with van der Waals surface area (Å²) in [6, 6.07) is 7.54. The minimum atomic E-state index is -0.0732. The highest BCUT2D eigenvalue weighted by Gasteiger charge is 2.01. The Hall–Kier alpha value is -0.770. The summed E-state index contributed by atoms with van der Waals surface area (Å²) in [5.74, 6) is 0.836. The van der Waals surface area contributed by atoms with Crippen LogP contribution >= 0.6 is 12.4 Å².